The number of hydrogen-bond donors (Lipinski definition) is 1. The fourth-order valence-corrected chi connectivity index (χ4v) is 3.96. The summed E-state index contributed by atoms with van der Waals surface area (Å²) in [5.74, 6) is 1.03. The summed E-state index contributed by atoms with van der Waals surface area (Å²) in [5, 5.41) is 13.2. The van der Waals surface area contributed by atoms with Crippen molar-refractivity contribution in [3.05, 3.63) is 94.3 Å². The second kappa shape index (κ2) is 9.50. The number of rotatable bonds is 8. The van der Waals surface area contributed by atoms with Crippen molar-refractivity contribution in [2.45, 2.75) is 32.2 Å². The SMILES string of the molecule is C[C@@H](NC(=O)CCc1nnc(Cc2ccc(-c3ccccc3)cc2)o1)c1cccs1. The predicted octanol–water partition coefficient (Wildman–Crippen LogP) is 5.20. The first-order valence-corrected chi connectivity index (χ1v) is 10.8. The summed E-state index contributed by atoms with van der Waals surface area (Å²) in [4.78, 5) is 13.3. The predicted molar refractivity (Wildman–Crippen MR) is 118 cm³/mol. The molecule has 2 aromatic heterocycles. The number of nitrogens with zero attached hydrogens (tertiary/aromatic N) is 2. The van der Waals surface area contributed by atoms with Crippen LogP contribution in [0.15, 0.2) is 76.5 Å². The van der Waals surface area contributed by atoms with Crippen LogP contribution in [0.1, 0.15) is 41.6 Å². The molecule has 0 aliphatic rings. The summed E-state index contributed by atoms with van der Waals surface area (Å²) < 4.78 is 5.73. The van der Waals surface area contributed by atoms with Crippen LogP contribution in [0.2, 0.25) is 0 Å². The lowest BCUT2D eigenvalue weighted by Gasteiger charge is -2.11. The molecule has 2 aromatic carbocycles. The zero-order valence-corrected chi connectivity index (χ0v) is 17.6. The summed E-state index contributed by atoms with van der Waals surface area (Å²) in [6, 6.07) is 22.6. The van der Waals surface area contributed by atoms with Crippen LogP contribution in [-0.2, 0) is 17.6 Å². The van der Waals surface area contributed by atoms with Crippen molar-refractivity contribution in [1.82, 2.24) is 15.5 Å². The minimum Gasteiger partial charge on any atom is -0.425 e. The second-order valence-corrected chi connectivity index (χ2v) is 8.11. The Morgan fingerprint density at radius 1 is 0.967 bits per heavy atom. The molecular formula is C24H23N3O2S. The molecule has 30 heavy (non-hydrogen) atoms. The van der Waals surface area contributed by atoms with Gasteiger partial charge in [0.25, 0.3) is 0 Å². The summed E-state index contributed by atoms with van der Waals surface area (Å²) >= 11 is 1.64. The Kier molecular flexibility index (Phi) is 6.35. The van der Waals surface area contributed by atoms with E-state index in [0.29, 0.717) is 31.0 Å². The van der Waals surface area contributed by atoms with Gasteiger partial charge in [0.1, 0.15) is 0 Å². The maximum atomic E-state index is 12.2. The van der Waals surface area contributed by atoms with Crippen LogP contribution in [0.3, 0.4) is 0 Å². The first kappa shape index (κ1) is 20.0. The van der Waals surface area contributed by atoms with E-state index in [1.807, 2.05) is 42.6 Å². The highest BCUT2D eigenvalue weighted by molar-refractivity contribution is 7.10. The van der Waals surface area contributed by atoms with Crippen LogP contribution in [-0.4, -0.2) is 16.1 Å². The standard InChI is InChI=1S/C24H23N3O2S/c1-17(21-8-5-15-30-21)25-22(28)13-14-23-26-27-24(29-23)16-18-9-11-20(12-10-18)19-6-3-2-4-7-19/h2-12,15,17H,13-14,16H2,1H3,(H,25,28)/t17-/m1/s1. The van der Waals surface area contributed by atoms with Gasteiger partial charge in [0.2, 0.25) is 17.7 Å². The van der Waals surface area contributed by atoms with E-state index in [4.69, 9.17) is 4.42 Å². The van der Waals surface area contributed by atoms with Crippen LogP contribution >= 0.6 is 11.3 Å². The summed E-state index contributed by atoms with van der Waals surface area (Å²) in [7, 11) is 0. The van der Waals surface area contributed by atoms with Gasteiger partial charge in [0.15, 0.2) is 0 Å². The van der Waals surface area contributed by atoms with Crippen molar-refractivity contribution in [2.24, 2.45) is 0 Å². The zero-order valence-electron chi connectivity index (χ0n) is 16.7. The lowest BCUT2D eigenvalue weighted by atomic mass is 10.0. The molecule has 2 heterocycles. The number of thiophene rings is 1. The van der Waals surface area contributed by atoms with Gasteiger partial charge in [-0.15, -0.1) is 21.5 Å². The Labute approximate surface area is 179 Å². The number of carbonyl (C=O) groups excluding carboxylic acids is 1. The molecule has 0 fully saturated rings. The maximum absolute atomic E-state index is 12.2. The van der Waals surface area contributed by atoms with Gasteiger partial charge in [-0.1, -0.05) is 60.7 Å². The van der Waals surface area contributed by atoms with Crippen LogP contribution in [0, 0.1) is 0 Å². The summed E-state index contributed by atoms with van der Waals surface area (Å²) in [5.41, 5.74) is 3.47. The molecule has 5 nitrogen and oxygen atoms in total. The Morgan fingerprint density at radius 2 is 1.70 bits per heavy atom. The third-order valence-electron chi connectivity index (χ3n) is 4.84. The lowest BCUT2D eigenvalue weighted by molar-refractivity contribution is -0.121. The molecule has 0 saturated heterocycles. The highest BCUT2D eigenvalue weighted by Gasteiger charge is 2.13. The van der Waals surface area contributed by atoms with Crippen molar-refractivity contribution < 1.29 is 9.21 Å². The number of nitrogens with one attached hydrogen (secondary N) is 1. The average molecular weight is 418 g/mol. The smallest absolute Gasteiger partial charge is 0.221 e. The molecule has 0 unspecified atom stereocenters. The van der Waals surface area contributed by atoms with Gasteiger partial charge < -0.3 is 9.73 Å². The Bertz CT molecular complexity index is 1070. The van der Waals surface area contributed by atoms with Crippen LogP contribution in [0.4, 0.5) is 0 Å². The number of aromatic nitrogens is 2. The Morgan fingerprint density at radius 3 is 2.43 bits per heavy atom. The molecule has 0 aliphatic heterocycles. The topological polar surface area (TPSA) is 68.0 Å². The van der Waals surface area contributed by atoms with Crippen molar-refractivity contribution in [1.29, 1.82) is 0 Å². The van der Waals surface area contributed by atoms with E-state index >= 15 is 0 Å². The normalized spacial score (nSPS) is 11.9. The van der Waals surface area contributed by atoms with Gasteiger partial charge in [-0.3, -0.25) is 4.79 Å². The number of benzene rings is 2. The fraction of sp³-hybridized carbons (Fsp3) is 0.208. The molecule has 0 radical (unpaired) electrons. The molecule has 152 valence electrons. The minimum absolute atomic E-state index is 0.00889. The Hall–Kier alpha value is -3.25. The van der Waals surface area contributed by atoms with Crippen LogP contribution in [0.5, 0.6) is 0 Å². The molecule has 1 atom stereocenters. The molecule has 4 rings (SSSR count). The van der Waals surface area contributed by atoms with Crippen molar-refractivity contribution in [3.8, 4) is 11.1 Å². The largest absolute Gasteiger partial charge is 0.425 e. The molecule has 6 heteroatoms. The lowest BCUT2D eigenvalue weighted by Crippen LogP contribution is -2.26. The summed E-state index contributed by atoms with van der Waals surface area (Å²) in [6.07, 6.45) is 1.33. The van der Waals surface area contributed by atoms with Gasteiger partial charge in [-0.25, -0.2) is 0 Å². The second-order valence-electron chi connectivity index (χ2n) is 7.13. The monoisotopic (exact) mass is 417 g/mol. The third kappa shape index (κ3) is 5.21. The number of carbonyl (C=O) groups is 1. The molecule has 1 amide bonds. The molecule has 0 spiro atoms. The molecule has 4 aromatic rings. The Balaban J connectivity index is 1.28. The van der Waals surface area contributed by atoms with Gasteiger partial charge in [-0.05, 0) is 35.1 Å². The van der Waals surface area contributed by atoms with Crippen molar-refractivity contribution in [2.75, 3.05) is 0 Å². The maximum Gasteiger partial charge on any atom is 0.221 e. The quantitative estimate of drug-likeness (QED) is 0.428. The molecule has 0 aliphatic carbocycles. The third-order valence-corrected chi connectivity index (χ3v) is 5.89. The number of aryl methyl sites for hydroxylation is 1. The highest BCUT2D eigenvalue weighted by Crippen LogP contribution is 2.21. The van der Waals surface area contributed by atoms with E-state index in [1.54, 1.807) is 11.3 Å². The van der Waals surface area contributed by atoms with E-state index < -0.39 is 0 Å². The molecular weight excluding hydrogens is 394 g/mol. The van der Waals surface area contributed by atoms with Crippen LogP contribution in [0.25, 0.3) is 11.1 Å². The van der Waals surface area contributed by atoms with Gasteiger partial charge >= 0.3 is 0 Å². The van der Waals surface area contributed by atoms with E-state index in [-0.39, 0.29) is 11.9 Å². The highest BCUT2D eigenvalue weighted by atomic mass is 32.1. The molecule has 0 saturated carbocycles. The zero-order chi connectivity index (χ0) is 20.8. The number of hydrogen-bond acceptors (Lipinski definition) is 5. The first-order valence-electron chi connectivity index (χ1n) is 9.96. The summed E-state index contributed by atoms with van der Waals surface area (Å²) in [6.45, 7) is 1.98. The van der Waals surface area contributed by atoms with Crippen molar-refractivity contribution in [3.63, 3.8) is 0 Å². The van der Waals surface area contributed by atoms with Crippen LogP contribution < -0.4 is 5.32 Å². The first-order chi connectivity index (χ1) is 14.7. The van der Waals surface area contributed by atoms with E-state index in [0.717, 1.165) is 10.4 Å². The van der Waals surface area contributed by atoms with E-state index in [2.05, 4.69) is 51.9 Å². The fourth-order valence-electron chi connectivity index (χ4n) is 3.22. The van der Waals surface area contributed by atoms with Gasteiger partial charge in [0, 0.05) is 17.7 Å². The number of amides is 1. The van der Waals surface area contributed by atoms with Crippen molar-refractivity contribution >= 4 is 17.2 Å². The minimum atomic E-state index is -0.0212. The van der Waals surface area contributed by atoms with Gasteiger partial charge in [0.05, 0.1) is 12.5 Å². The van der Waals surface area contributed by atoms with E-state index in [9.17, 15) is 4.79 Å². The average Bonchev–Trinajstić information content (AvgIpc) is 3.46. The van der Waals surface area contributed by atoms with E-state index in [1.165, 1.54) is 11.1 Å². The molecule has 0 bridgehead atoms. The van der Waals surface area contributed by atoms with Gasteiger partial charge in [-0.2, -0.15) is 0 Å². The molecule has 1 N–H and O–H groups in total.